The van der Waals surface area contributed by atoms with Gasteiger partial charge in [0.25, 0.3) is 0 Å². The minimum Gasteiger partial charge on any atom is -0.478 e. The third kappa shape index (κ3) is 4.08. The highest BCUT2D eigenvalue weighted by molar-refractivity contribution is 5.78. The van der Waals surface area contributed by atoms with E-state index in [0.29, 0.717) is 30.6 Å². The number of rotatable bonds is 5. The number of likely N-dealkylation sites (tertiary alicyclic amines) is 1. The molecule has 0 atom stereocenters. The third-order valence-corrected chi connectivity index (χ3v) is 5.52. The first-order valence-electron chi connectivity index (χ1n) is 9.03. The Bertz CT molecular complexity index is 533. The minimum absolute atomic E-state index is 0.376. The number of carboxylic acids is 1. The summed E-state index contributed by atoms with van der Waals surface area (Å²) in [6.07, 6.45) is 5.70. The Kier molecular flexibility index (Phi) is 5.41. The summed E-state index contributed by atoms with van der Waals surface area (Å²) >= 11 is 0. The molecule has 1 aliphatic heterocycles. The molecule has 1 aromatic carbocycles. The topological polar surface area (TPSA) is 75.8 Å². The molecule has 132 valence electrons. The maximum Gasteiger partial charge on any atom is 0.348 e. The van der Waals surface area contributed by atoms with Crippen molar-refractivity contribution in [2.75, 3.05) is 19.6 Å². The van der Waals surface area contributed by atoms with E-state index in [1.165, 1.54) is 12.8 Å². The lowest BCUT2D eigenvalue weighted by atomic mass is 9.85. The van der Waals surface area contributed by atoms with Crippen LogP contribution in [0.3, 0.4) is 0 Å². The third-order valence-electron chi connectivity index (χ3n) is 5.52. The van der Waals surface area contributed by atoms with E-state index >= 15 is 0 Å². The molecule has 0 unspecified atom stereocenters. The van der Waals surface area contributed by atoms with Crippen molar-refractivity contribution in [1.82, 2.24) is 4.90 Å². The van der Waals surface area contributed by atoms with Crippen LogP contribution in [0.25, 0.3) is 0 Å². The summed E-state index contributed by atoms with van der Waals surface area (Å²) in [7, 11) is 0. The first kappa shape index (κ1) is 17.2. The van der Waals surface area contributed by atoms with Crippen molar-refractivity contribution in [3.8, 4) is 5.75 Å². The van der Waals surface area contributed by atoms with Gasteiger partial charge in [-0.1, -0.05) is 18.2 Å². The summed E-state index contributed by atoms with van der Waals surface area (Å²) in [6.45, 7) is 2.62. The molecule has 5 nitrogen and oxygen atoms in total. The molecule has 0 radical (unpaired) electrons. The molecule has 1 saturated heterocycles. The lowest BCUT2D eigenvalue weighted by Crippen LogP contribution is -2.54. The summed E-state index contributed by atoms with van der Waals surface area (Å²) < 4.78 is 5.91. The largest absolute Gasteiger partial charge is 0.478 e. The van der Waals surface area contributed by atoms with Crippen LogP contribution in [0.1, 0.15) is 38.5 Å². The smallest absolute Gasteiger partial charge is 0.348 e. The van der Waals surface area contributed by atoms with Gasteiger partial charge < -0.3 is 20.5 Å². The van der Waals surface area contributed by atoms with Gasteiger partial charge in [0, 0.05) is 38.5 Å². The number of hydrogen-bond acceptors (Lipinski definition) is 4. The van der Waals surface area contributed by atoms with Gasteiger partial charge in [-0.05, 0) is 43.7 Å². The first-order valence-corrected chi connectivity index (χ1v) is 9.03. The van der Waals surface area contributed by atoms with Crippen LogP contribution in [0, 0.1) is 5.92 Å². The average Bonchev–Trinajstić information content (AvgIpc) is 2.59. The molecule has 0 bridgehead atoms. The monoisotopic (exact) mass is 332 g/mol. The molecule has 5 heteroatoms. The van der Waals surface area contributed by atoms with Gasteiger partial charge in [0.2, 0.25) is 5.60 Å². The van der Waals surface area contributed by atoms with Crippen LogP contribution in [0.4, 0.5) is 0 Å². The van der Waals surface area contributed by atoms with E-state index in [1.54, 1.807) is 0 Å². The fraction of sp³-hybridized carbons (Fsp3) is 0.632. The number of nitrogens with zero attached hydrogens (tertiary/aromatic N) is 1. The van der Waals surface area contributed by atoms with Gasteiger partial charge >= 0.3 is 5.97 Å². The van der Waals surface area contributed by atoms with Gasteiger partial charge in [-0.3, -0.25) is 0 Å². The molecule has 3 rings (SSSR count). The second kappa shape index (κ2) is 7.53. The predicted molar refractivity (Wildman–Crippen MR) is 93.0 cm³/mol. The number of nitrogens with two attached hydrogens (primary N) is 1. The summed E-state index contributed by atoms with van der Waals surface area (Å²) in [4.78, 5) is 14.3. The molecular weight excluding hydrogens is 304 g/mol. The molecule has 2 fully saturated rings. The van der Waals surface area contributed by atoms with Crippen molar-refractivity contribution >= 4 is 5.97 Å². The Morgan fingerprint density at radius 2 is 1.79 bits per heavy atom. The Morgan fingerprint density at radius 1 is 1.17 bits per heavy atom. The van der Waals surface area contributed by atoms with Crippen LogP contribution < -0.4 is 10.5 Å². The van der Waals surface area contributed by atoms with Crippen LogP contribution in [-0.4, -0.2) is 47.3 Å². The quantitative estimate of drug-likeness (QED) is 0.866. The number of para-hydroxylation sites is 1. The van der Waals surface area contributed by atoms with Crippen LogP contribution in [0.2, 0.25) is 0 Å². The van der Waals surface area contributed by atoms with Crippen molar-refractivity contribution in [3.63, 3.8) is 0 Å². The fourth-order valence-electron chi connectivity index (χ4n) is 3.91. The van der Waals surface area contributed by atoms with Crippen LogP contribution in [0.5, 0.6) is 5.75 Å². The molecule has 3 N–H and O–H groups in total. The Hall–Kier alpha value is -1.59. The normalized spacial score (nSPS) is 27.5. The molecule has 0 spiro atoms. The van der Waals surface area contributed by atoms with E-state index < -0.39 is 11.6 Å². The molecule has 0 amide bonds. The van der Waals surface area contributed by atoms with Gasteiger partial charge in [-0.25, -0.2) is 4.79 Å². The number of piperidine rings is 1. The zero-order valence-electron chi connectivity index (χ0n) is 14.2. The summed E-state index contributed by atoms with van der Waals surface area (Å²) in [6, 6.07) is 9.66. The fourth-order valence-corrected chi connectivity index (χ4v) is 3.91. The Labute approximate surface area is 143 Å². The summed E-state index contributed by atoms with van der Waals surface area (Å²) in [5, 5.41) is 9.73. The summed E-state index contributed by atoms with van der Waals surface area (Å²) in [5.41, 5.74) is 4.89. The van der Waals surface area contributed by atoms with Crippen molar-refractivity contribution in [2.24, 2.45) is 11.7 Å². The number of ether oxygens (including phenoxy) is 1. The number of carboxylic acid groups (broad SMARTS) is 1. The minimum atomic E-state index is -1.09. The van der Waals surface area contributed by atoms with Crippen LogP contribution >= 0.6 is 0 Å². The average molecular weight is 332 g/mol. The molecular formula is C19H28N2O3. The second-order valence-electron chi connectivity index (χ2n) is 7.30. The Morgan fingerprint density at radius 3 is 2.38 bits per heavy atom. The zero-order valence-corrected chi connectivity index (χ0v) is 14.2. The molecule has 1 saturated carbocycles. The van der Waals surface area contributed by atoms with E-state index in [0.717, 1.165) is 32.5 Å². The Balaban J connectivity index is 1.56. The van der Waals surface area contributed by atoms with Gasteiger partial charge in [-0.2, -0.15) is 0 Å². The van der Waals surface area contributed by atoms with Crippen molar-refractivity contribution in [1.29, 1.82) is 0 Å². The first-order chi connectivity index (χ1) is 11.6. The van der Waals surface area contributed by atoms with Gasteiger partial charge in [0.05, 0.1) is 0 Å². The highest BCUT2D eigenvalue weighted by atomic mass is 16.5. The highest BCUT2D eigenvalue weighted by Crippen LogP contribution is 2.31. The number of carbonyl (C=O) groups is 1. The van der Waals surface area contributed by atoms with Crippen LogP contribution in [-0.2, 0) is 4.79 Å². The molecule has 0 aromatic heterocycles. The zero-order chi connectivity index (χ0) is 17.0. The van der Waals surface area contributed by atoms with E-state index in [4.69, 9.17) is 10.5 Å². The molecule has 24 heavy (non-hydrogen) atoms. The standard InChI is InChI=1S/C19H28N2O3/c20-16-8-6-15(7-9-16)14-21-12-10-19(11-13-21,18(22)23)24-17-4-2-1-3-5-17/h1-5,15-16H,6-14,20H2,(H,22,23). The highest BCUT2D eigenvalue weighted by Gasteiger charge is 2.44. The second-order valence-corrected chi connectivity index (χ2v) is 7.30. The van der Waals surface area contributed by atoms with E-state index in [-0.39, 0.29) is 0 Å². The van der Waals surface area contributed by atoms with Gasteiger partial charge in [0.15, 0.2) is 0 Å². The summed E-state index contributed by atoms with van der Waals surface area (Å²) in [5.74, 6) is 0.487. The maximum atomic E-state index is 11.9. The van der Waals surface area contributed by atoms with E-state index in [1.807, 2.05) is 30.3 Å². The van der Waals surface area contributed by atoms with E-state index in [2.05, 4.69) is 4.90 Å². The predicted octanol–water partition coefficient (Wildman–Crippen LogP) is 2.50. The molecule has 1 heterocycles. The lowest BCUT2D eigenvalue weighted by Gasteiger charge is -2.40. The molecule has 2 aliphatic rings. The lowest BCUT2D eigenvalue weighted by molar-refractivity contribution is -0.159. The number of hydrogen-bond donors (Lipinski definition) is 2. The van der Waals surface area contributed by atoms with Crippen LogP contribution in [0.15, 0.2) is 30.3 Å². The van der Waals surface area contributed by atoms with Crippen molar-refractivity contribution < 1.29 is 14.6 Å². The number of aliphatic carboxylic acids is 1. The maximum absolute atomic E-state index is 11.9. The number of benzene rings is 1. The van der Waals surface area contributed by atoms with Gasteiger partial charge in [-0.15, -0.1) is 0 Å². The molecule has 1 aliphatic carbocycles. The van der Waals surface area contributed by atoms with Crippen molar-refractivity contribution in [2.45, 2.75) is 50.2 Å². The SMILES string of the molecule is NC1CCC(CN2CCC(Oc3ccccc3)(C(=O)O)CC2)CC1. The molecule has 1 aromatic rings. The van der Waals surface area contributed by atoms with Crippen molar-refractivity contribution in [3.05, 3.63) is 30.3 Å². The van der Waals surface area contributed by atoms with Gasteiger partial charge in [0.1, 0.15) is 5.75 Å². The van der Waals surface area contributed by atoms with E-state index in [9.17, 15) is 9.90 Å².